The number of carbonyl (C=O) groups excluding carboxylic acids is 1. The lowest BCUT2D eigenvalue weighted by Gasteiger charge is -2.32. The van der Waals surface area contributed by atoms with E-state index in [0.29, 0.717) is 0 Å². The number of carbonyl (C=O) groups is 1. The summed E-state index contributed by atoms with van der Waals surface area (Å²) >= 11 is 0. The summed E-state index contributed by atoms with van der Waals surface area (Å²) in [6.07, 6.45) is 2.91. The fourth-order valence-corrected chi connectivity index (χ4v) is 2.23. The van der Waals surface area contributed by atoms with Crippen molar-refractivity contribution in [3.8, 4) is 0 Å². The molecular formula is C15H23NO. The van der Waals surface area contributed by atoms with E-state index in [4.69, 9.17) is 0 Å². The van der Waals surface area contributed by atoms with E-state index >= 15 is 0 Å². The molecule has 0 N–H and O–H groups in total. The van der Waals surface area contributed by atoms with Gasteiger partial charge >= 0.3 is 0 Å². The summed E-state index contributed by atoms with van der Waals surface area (Å²) in [6.45, 7) is 7.06. The lowest BCUT2D eigenvalue weighted by atomic mass is 9.83. The van der Waals surface area contributed by atoms with Crippen LogP contribution in [0.5, 0.6) is 0 Å². The van der Waals surface area contributed by atoms with Crippen LogP contribution in [0.15, 0.2) is 24.3 Å². The van der Waals surface area contributed by atoms with Crippen LogP contribution in [-0.2, 0) is 4.79 Å². The van der Waals surface area contributed by atoms with Gasteiger partial charge in [0.15, 0.2) is 0 Å². The first-order valence-electron chi connectivity index (χ1n) is 6.31. The Labute approximate surface area is 105 Å². The van der Waals surface area contributed by atoms with E-state index in [2.05, 4.69) is 44.9 Å². The van der Waals surface area contributed by atoms with Crippen molar-refractivity contribution in [2.24, 2.45) is 5.41 Å². The predicted molar refractivity (Wildman–Crippen MR) is 73.5 cm³/mol. The molecule has 94 valence electrons. The first-order chi connectivity index (χ1) is 8.08. The second kappa shape index (κ2) is 5.85. The highest BCUT2D eigenvalue weighted by Crippen LogP contribution is 2.28. The number of para-hydroxylation sites is 1. The Balaban J connectivity index is 2.88. The number of aldehydes is 1. The molecule has 0 aliphatic heterocycles. The van der Waals surface area contributed by atoms with E-state index in [1.54, 1.807) is 0 Å². The largest absolute Gasteiger partial charge is 0.373 e. The summed E-state index contributed by atoms with van der Waals surface area (Å²) in [6, 6.07) is 8.29. The molecule has 0 atom stereocenters. The lowest BCUT2D eigenvalue weighted by molar-refractivity contribution is -0.116. The third kappa shape index (κ3) is 3.09. The van der Waals surface area contributed by atoms with Crippen molar-refractivity contribution in [1.82, 2.24) is 0 Å². The molecule has 17 heavy (non-hydrogen) atoms. The van der Waals surface area contributed by atoms with E-state index in [0.717, 1.165) is 25.7 Å². The van der Waals surface area contributed by atoms with Crippen molar-refractivity contribution in [3.63, 3.8) is 0 Å². The molecule has 0 unspecified atom stereocenters. The fourth-order valence-electron chi connectivity index (χ4n) is 2.23. The molecule has 0 saturated heterocycles. The van der Waals surface area contributed by atoms with Gasteiger partial charge < -0.3 is 9.69 Å². The Morgan fingerprint density at radius 3 is 2.29 bits per heavy atom. The van der Waals surface area contributed by atoms with Crippen molar-refractivity contribution in [1.29, 1.82) is 0 Å². The van der Waals surface area contributed by atoms with Crippen LogP contribution in [0.4, 0.5) is 5.69 Å². The molecule has 0 radical (unpaired) electrons. The Bertz CT molecular complexity index is 369. The zero-order chi connectivity index (χ0) is 12.9. The Hall–Kier alpha value is -1.31. The average Bonchev–Trinajstić information content (AvgIpc) is 2.36. The summed E-state index contributed by atoms with van der Waals surface area (Å²) < 4.78 is 0. The van der Waals surface area contributed by atoms with Gasteiger partial charge in [0.1, 0.15) is 6.29 Å². The number of rotatable bonds is 6. The second-order valence-corrected chi connectivity index (χ2v) is 4.83. The first kappa shape index (κ1) is 13.8. The Kier molecular flexibility index (Phi) is 4.73. The third-order valence-corrected chi connectivity index (χ3v) is 3.74. The maximum Gasteiger partial charge on any atom is 0.127 e. The van der Waals surface area contributed by atoms with Gasteiger partial charge in [0, 0.05) is 24.7 Å². The van der Waals surface area contributed by atoms with Gasteiger partial charge in [-0.15, -0.1) is 0 Å². The molecule has 0 aromatic heterocycles. The highest BCUT2D eigenvalue weighted by Gasteiger charge is 2.27. The van der Waals surface area contributed by atoms with Crippen LogP contribution in [0.2, 0.25) is 0 Å². The topological polar surface area (TPSA) is 20.3 Å². The molecule has 1 rings (SSSR count). The lowest BCUT2D eigenvalue weighted by Crippen LogP contribution is -2.36. The van der Waals surface area contributed by atoms with Gasteiger partial charge in [-0.3, -0.25) is 0 Å². The molecular weight excluding hydrogens is 210 g/mol. The van der Waals surface area contributed by atoms with Crippen LogP contribution in [0, 0.1) is 12.3 Å². The van der Waals surface area contributed by atoms with Gasteiger partial charge in [-0.05, 0) is 31.4 Å². The first-order valence-corrected chi connectivity index (χ1v) is 6.31. The number of hydrogen-bond acceptors (Lipinski definition) is 2. The van der Waals surface area contributed by atoms with Crippen molar-refractivity contribution in [2.45, 2.75) is 33.6 Å². The Morgan fingerprint density at radius 1 is 1.24 bits per heavy atom. The maximum atomic E-state index is 11.3. The van der Waals surface area contributed by atoms with Crippen molar-refractivity contribution in [2.75, 3.05) is 18.5 Å². The van der Waals surface area contributed by atoms with E-state index in [1.165, 1.54) is 11.3 Å². The van der Waals surface area contributed by atoms with Gasteiger partial charge in [0.25, 0.3) is 0 Å². The molecule has 0 amide bonds. The van der Waals surface area contributed by atoms with Crippen molar-refractivity contribution >= 4 is 12.0 Å². The molecule has 2 nitrogen and oxygen atoms in total. The van der Waals surface area contributed by atoms with E-state index < -0.39 is 0 Å². The molecule has 2 heteroatoms. The quantitative estimate of drug-likeness (QED) is 0.702. The molecule has 0 aliphatic rings. The van der Waals surface area contributed by atoms with Crippen LogP contribution in [-0.4, -0.2) is 19.9 Å². The minimum Gasteiger partial charge on any atom is -0.373 e. The summed E-state index contributed by atoms with van der Waals surface area (Å²) in [7, 11) is 2.06. The van der Waals surface area contributed by atoms with Crippen LogP contribution in [0.1, 0.15) is 32.3 Å². The molecule has 0 spiro atoms. The van der Waals surface area contributed by atoms with E-state index in [9.17, 15) is 4.79 Å². The van der Waals surface area contributed by atoms with Crippen molar-refractivity contribution in [3.05, 3.63) is 29.8 Å². The number of anilines is 1. The smallest absolute Gasteiger partial charge is 0.127 e. The Morgan fingerprint density at radius 2 is 1.82 bits per heavy atom. The number of nitrogens with zero attached hydrogens (tertiary/aromatic N) is 1. The highest BCUT2D eigenvalue weighted by atomic mass is 16.1. The summed E-state index contributed by atoms with van der Waals surface area (Å²) in [5, 5.41) is 0. The van der Waals surface area contributed by atoms with Crippen LogP contribution in [0.3, 0.4) is 0 Å². The number of aryl methyl sites for hydroxylation is 1. The molecule has 0 fully saturated rings. The van der Waals surface area contributed by atoms with Crippen LogP contribution < -0.4 is 4.90 Å². The van der Waals surface area contributed by atoms with Gasteiger partial charge in [-0.1, -0.05) is 32.0 Å². The molecule has 0 saturated carbocycles. The fraction of sp³-hybridized carbons (Fsp3) is 0.533. The molecule has 0 heterocycles. The number of hydrogen-bond donors (Lipinski definition) is 0. The summed E-state index contributed by atoms with van der Waals surface area (Å²) in [4.78, 5) is 13.5. The third-order valence-electron chi connectivity index (χ3n) is 3.74. The zero-order valence-corrected chi connectivity index (χ0v) is 11.4. The monoisotopic (exact) mass is 233 g/mol. The SMILES string of the molecule is CCC(C=O)(CC)CN(C)c1ccccc1C. The van der Waals surface area contributed by atoms with Crippen LogP contribution >= 0.6 is 0 Å². The average molecular weight is 233 g/mol. The normalized spacial score (nSPS) is 11.3. The predicted octanol–water partition coefficient (Wildman–Crippen LogP) is 3.44. The molecule has 1 aromatic carbocycles. The standard InChI is InChI=1S/C15H23NO/c1-5-15(6-2,12-17)11-16(4)14-10-8-7-9-13(14)3/h7-10,12H,5-6,11H2,1-4H3. The number of benzene rings is 1. The van der Waals surface area contributed by atoms with E-state index in [1.807, 2.05) is 12.1 Å². The van der Waals surface area contributed by atoms with Crippen molar-refractivity contribution < 1.29 is 4.79 Å². The summed E-state index contributed by atoms with van der Waals surface area (Å²) in [5.41, 5.74) is 2.25. The van der Waals surface area contributed by atoms with Gasteiger partial charge in [0.2, 0.25) is 0 Å². The highest BCUT2D eigenvalue weighted by molar-refractivity contribution is 5.62. The van der Waals surface area contributed by atoms with Gasteiger partial charge in [0.05, 0.1) is 0 Å². The molecule has 0 aliphatic carbocycles. The van der Waals surface area contributed by atoms with E-state index in [-0.39, 0.29) is 5.41 Å². The minimum absolute atomic E-state index is 0.211. The summed E-state index contributed by atoms with van der Waals surface area (Å²) in [5.74, 6) is 0. The van der Waals surface area contributed by atoms with Gasteiger partial charge in [-0.25, -0.2) is 0 Å². The maximum absolute atomic E-state index is 11.3. The molecule has 0 bridgehead atoms. The zero-order valence-electron chi connectivity index (χ0n) is 11.4. The molecule has 1 aromatic rings. The second-order valence-electron chi connectivity index (χ2n) is 4.83. The van der Waals surface area contributed by atoms with Gasteiger partial charge in [-0.2, -0.15) is 0 Å². The minimum atomic E-state index is -0.211. The van der Waals surface area contributed by atoms with Crippen LogP contribution in [0.25, 0.3) is 0 Å².